The fraction of sp³-hybridized carbons (Fsp3) is 0.500. The molecule has 17 heavy (non-hydrogen) atoms. The molecule has 6 nitrogen and oxygen atoms in total. The van der Waals surface area contributed by atoms with Crippen molar-refractivity contribution in [2.24, 2.45) is 11.7 Å². The van der Waals surface area contributed by atoms with E-state index in [-0.39, 0.29) is 22.6 Å². The van der Waals surface area contributed by atoms with Crippen LogP contribution in [0.2, 0.25) is 5.02 Å². The van der Waals surface area contributed by atoms with Crippen LogP contribution in [0.5, 0.6) is 0 Å². The lowest BCUT2D eigenvalue weighted by molar-refractivity contribution is -0.384. The molecule has 1 aromatic rings. The van der Waals surface area contributed by atoms with Crippen LogP contribution >= 0.6 is 11.6 Å². The first-order valence-electron chi connectivity index (χ1n) is 5.37. The molecule has 1 heterocycles. The summed E-state index contributed by atoms with van der Waals surface area (Å²) in [6.07, 6.45) is 3.65. The van der Waals surface area contributed by atoms with Crippen LogP contribution in [0.4, 0.5) is 11.5 Å². The van der Waals surface area contributed by atoms with Crippen molar-refractivity contribution in [3.8, 4) is 0 Å². The topological polar surface area (TPSA) is 94.1 Å². The summed E-state index contributed by atoms with van der Waals surface area (Å²) in [7, 11) is 0. The predicted octanol–water partition coefficient (Wildman–Crippen LogP) is 1.79. The van der Waals surface area contributed by atoms with Gasteiger partial charge in [0.25, 0.3) is 0 Å². The molecule has 0 radical (unpaired) electrons. The highest BCUT2D eigenvalue weighted by molar-refractivity contribution is 6.30. The molecule has 1 unspecified atom stereocenters. The third kappa shape index (κ3) is 3.04. The van der Waals surface area contributed by atoms with E-state index < -0.39 is 4.92 Å². The van der Waals surface area contributed by atoms with Crippen molar-refractivity contribution >= 4 is 23.1 Å². The molecule has 0 bridgehead atoms. The zero-order chi connectivity index (χ0) is 12.4. The minimum absolute atomic E-state index is 0.0204. The van der Waals surface area contributed by atoms with E-state index in [0.717, 1.165) is 12.8 Å². The molecule has 0 aliphatic heterocycles. The molecule has 0 spiro atoms. The highest BCUT2D eigenvalue weighted by Gasteiger charge is 2.28. The first kappa shape index (κ1) is 12.1. The smallest absolute Gasteiger partial charge is 0.312 e. The molecule has 1 saturated carbocycles. The van der Waals surface area contributed by atoms with Crippen LogP contribution in [-0.4, -0.2) is 22.5 Å². The van der Waals surface area contributed by atoms with Gasteiger partial charge in [-0.3, -0.25) is 10.1 Å². The Morgan fingerprint density at radius 1 is 1.71 bits per heavy atom. The number of nitrogens with two attached hydrogens (primary N) is 1. The second-order valence-corrected chi connectivity index (χ2v) is 4.60. The summed E-state index contributed by atoms with van der Waals surface area (Å²) in [5.41, 5.74) is 5.77. The standard InChI is InChI=1S/C10H13ClN4O2/c11-7-3-9(15(16)17)10(13-4-7)14-5-8(12)6-1-2-6/h3-4,6,8H,1-2,5,12H2,(H,13,14). The van der Waals surface area contributed by atoms with E-state index in [1.165, 1.54) is 12.3 Å². The quantitative estimate of drug-likeness (QED) is 0.619. The fourth-order valence-corrected chi connectivity index (χ4v) is 1.76. The van der Waals surface area contributed by atoms with Gasteiger partial charge in [-0.1, -0.05) is 11.6 Å². The summed E-state index contributed by atoms with van der Waals surface area (Å²) in [6.45, 7) is 0.486. The Morgan fingerprint density at radius 3 is 3.00 bits per heavy atom. The molecule has 0 aromatic carbocycles. The van der Waals surface area contributed by atoms with Crippen LogP contribution < -0.4 is 11.1 Å². The molecule has 92 valence electrons. The lowest BCUT2D eigenvalue weighted by Gasteiger charge is -2.11. The molecule has 1 aliphatic rings. The fourth-order valence-electron chi connectivity index (χ4n) is 1.61. The molecule has 1 aromatic heterocycles. The van der Waals surface area contributed by atoms with Crippen molar-refractivity contribution in [3.63, 3.8) is 0 Å². The zero-order valence-electron chi connectivity index (χ0n) is 9.10. The molecular weight excluding hydrogens is 244 g/mol. The highest BCUT2D eigenvalue weighted by Crippen LogP contribution is 2.32. The molecule has 1 atom stereocenters. The van der Waals surface area contributed by atoms with Crippen molar-refractivity contribution < 1.29 is 4.92 Å². The first-order valence-corrected chi connectivity index (χ1v) is 5.75. The van der Waals surface area contributed by atoms with E-state index >= 15 is 0 Å². The summed E-state index contributed by atoms with van der Waals surface area (Å²) in [6, 6.07) is 1.30. The van der Waals surface area contributed by atoms with Crippen molar-refractivity contribution in [1.82, 2.24) is 4.98 Å². The van der Waals surface area contributed by atoms with E-state index in [1.807, 2.05) is 0 Å². The summed E-state index contributed by atoms with van der Waals surface area (Å²) in [4.78, 5) is 14.2. The summed E-state index contributed by atoms with van der Waals surface area (Å²) >= 11 is 5.66. The van der Waals surface area contributed by atoms with Crippen LogP contribution in [0.15, 0.2) is 12.3 Å². The zero-order valence-corrected chi connectivity index (χ0v) is 9.85. The Labute approximate surface area is 103 Å². The monoisotopic (exact) mass is 256 g/mol. The lowest BCUT2D eigenvalue weighted by atomic mass is 10.2. The van der Waals surface area contributed by atoms with Crippen LogP contribution in [0.3, 0.4) is 0 Å². The molecular formula is C10H13ClN4O2. The number of nitrogens with one attached hydrogen (secondary N) is 1. The Kier molecular flexibility index (Phi) is 3.44. The molecule has 7 heteroatoms. The number of nitro groups is 1. The van der Waals surface area contributed by atoms with Crippen LogP contribution in [0, 0.1) is 16.0 Å². The van der Waals surface area contributed by atoms with E-state index in [0.29, 0.717) is 12.5 Å². The Balaban J connectivity index is 2.06. The van der Waals surface area contributed by atoms with E-state index in [2.05, 4.69) is 10.3 Å². The normalized spacial score (nSPS) is 16.6. The van der Waals surface area contributed by atoms with Gasteiger partial charge < -0.3 is 11.1 Å². The Morgan fingerprint density at radius 2 is 2.41 bits per heavy atom. The SMILES string of the molecule is NC(CNc1ncc(Cl)cc1[N+](=O)[O-])C1CC1. The number of anilines is 1. The number of pyridine rings is 1. The van der Waals surface area contributed by atoms with Gasteiger partial charge in [0, 0.05) is 24.8 Å². The highest BCUT2D eigenvalue weighted by atomic mass is 35.5. The summed E-state index contributed by atoms with van der Waals surface area (Å²) in [5, 5.41) is 14.0. The molecule has 1 fully saturated rings. The second kappa shape index (κ2) is 4.85. The molecule has 3 N–H and O–H groups in total. The van der Waals surface area contributed by atoms with Gasteiger partial charge in [0.1, 0.15) is 0 Å². The largest absolute Gasteiger partial charge is 0.363 e. The molecule has 2 rings (SSSR count). The van der Waals surface area contributed by atoms with E-state index in [9.17, 15) is 10.1 Å². The van der Waals surface area contributed by atoms with Gasteiger partial charge in [0.15, 0.2) is 0 Å². The summed E-state index contributed by atoms with van der Waals surface area (Å²) in [5.74, 6) is 0.754. The number of halogens is 1. The van der Waals surface area contributed by atoms with Gasteiger partial charge in [0.2, 0.25) is 5.82 Å². The second-order valence-electron chi connectivity index (χ2n) is 4.16. The van der Waals surface area contributed by atoms with Crippen LogP contribution in [-0.2, 0) is 0 Å². The van der Waals surface area contributed by atoms with Gasteiger partial charge in [0.05, 0.1) is 9.95 Å². The van der Waals surface area contributed by atoms with Gasteiger partial charge in [-0.05, 0) is 18.8 Å². The minimum Gasteiger partial charge on any atom is -0.363 e. The average molecular weight is 257 g/mol. The maximum absolute atomic E-state index is 10.8. The molecule has 1 aliphatic carbocycles. The Bertz CT molecular complexity index is 436. The van der Waals surface area contributed by atoms with Crippen LogP contribution in [0.25, 0.3) is 0 Å². The number of hydrogen-bond acceptors (Lipinski definition) is 5. The Hall–Kier alpha value is -1.40. The molecule has 0 amide bonds. The van der Waals surface area contributed by atoms with E-state index in [1.54, 1.807) is 0 Å². The van der Waals surface area contributed by atoms with Gasteiger partial charge in [-0.2, -0.15) is 0 Å². The predicted molar refractivity (Wildman–Crippen MR) is 65.1 cm³/mol. The lowest BCUT2D eigenvalue weighted by Crippen LogP contribution is -2.31. The number of hydrogen-bond donors (Lipinski definition) is 2. The van der Waals surface area contributed by atoms with Crippen molar-refractivity contribution in [2.75, 3.05) is 11.9 Å². The minimum atomic E-state index is -0.510. The van der Waals surface area contributed by atoms with E-state index in [4.69, 9.17) is 17.3 Å². The number of aromatic nitrogens is 1. The molecule has 0 saturated heterocycles. The van der Waals surface area contributed by atoms with Crippen LogP contribution in [0.1, 0.15) is 12.8 Å². The van der Waals surface area contributed by atoms with Crippen molar-refractivity contribution in [2.45, 2.75) is 18.9 Å². The van der Waals surface area contributed by atoms with Gasteiger partial charge in [-0.25, -0.2) is 4.98 Å². The van der Waals surface area contributed by atoms with Gasteiger partial charge in [-0.15, -0.1) is 0 Å². The third-order valence-electron chi connectivity index (χ3n) is 2.76. The average Bonchev–Trinajstić information content (AvgIpc) is 3.10. The van der Waals surface area contributed by atoms with Gasteiger partial charge >= 0.3 is 5.69 Å². The summed E-state index contributed by atoms with van der Waals surface area (Å²) < 4.78 is 0. The maximum Gasteiger partial charge on any atom is 0.312 e. The number of rotatable bonds is 5. The van der Waals surface area contributed by atoms with Crippen molar-refractivity contribution in [3.05, 3.63) is 27.4 Å². The first-order chi connectivity index (χ1) is 8.08. The van der Waals surface area contributed by atoms with Crippen molar-refractivity contribution in [1.29, 1.82) is 0 Å². The number of nitrogens with zero attached hydrogens (tertiary/aromatic N) is 2. The third-order valence-corrected chi connectivity index (χ3v) is 2.97. The maximum atomic E-state index is 10.8.